The molecule has 1 saturated heterocycles. The van der Waals surface area contributed by atoms with Crippen molar-refractivity contribution in [2.24, 2.45) is 0 Å². The van der Waals surface area contributed by atoms with Crippen LogP contribution in [0.5, 0.6) is 0 Å². The first-order chi connectivity index (χ1) is 8.69. The number of hydrogen-bond donors (Lipinski definition) is 3. The van der Waals surface area contributed by atoms with Crippen molar-refractivity contribution >= 4 is 11.8 Å². The molecule has 0 aromatic carbocycles. The minimum atomic E-state index is -0.310. The summed E-state index contributed by atoms with van der Waals surface area (Å²) in [5.74, 6) is 0.603. The van der Waals surface area contributed by atoms with E-state index in [1.54, 1.807) is 0 Å². The first kappa shape index (κ1) is 12.5. The van der Waals surface area contributed by atoms with Gasteiger partial charge in [0.25, 0.3) is 5.91 Å². The van der Waals surface area contributed by atoms with Crippen molar-refractivity contribution in [3.8, 4) is 0 Å². The van der Waals surface area contributed by atoms with E-state index in [-0.39, 0.29) is 23.7 Å². The molecule has 1 fully saturated rings. The average molecular weight is 251 g/mol. The fourth-order valence-electron chi connectivity index (χ4n) is 1.87. The summed E-state index contributed by atoms with van der Waals surface area (Å²) in [4.78, 5) is 26.8. The predicted octanol–water partition coefficient (Wildman–Crippen LogP) is -0.234. The van der Waals surface area contributed by atoms with Crippen LogP contribution < -0.4 is 10.6 Å². The van der Waals surface area contributed by atoms with Crippen LogP contribution in [-0.4, -0.2) is 39.6 Å². The summed E-state index contributed by atoms with van der Waals surface area (Å²) >= 11 is 0. The maximum absolute atomic E-state index is 11.7. The Hall–Kier alpha value is -1.92. The summed E-state index contributed by atoms with van der Waals surface area (Å²) in [6.45, 7) is 2.45. The third kappa shape index (κ3) is 3.06. The number of aryl methyl sites for hydroxylation is 1. The quantitative estimate of drug-likeness (QED) is 0.672. The number of nitrogens with zero attached hydrogens (tertiary/aromatic N) is 2. The van der Waals surface area contributed by atoms with Gasteiger partial charge >= 0.3 is 0 Å². The van der Waals surface area contributed by atoms with Gasteiger partial charge in [0.05, 0.1) is 0 Å². The number of amides is 2. The molecule has 1 aromatic heterocycles. The van der Waals surface area contributed by atoms with Gasteiger partial charge in [-0.15, -0.1) is 5.10 Å². The molecule has 0 bridgehead atoms. The Balaban J connectivity index is 1.81. The Labute approximate surface area is 105 Å². The van der Waals surface area contributed by atoms with Crippen LogP contribution in [0.4, 0.5) is 0 Å². The molecule has 18 heavy (non-hydrogen) atoms. The molecule has 1 aliphatic rings. The summed E-state index contributed by atoms with van der Waals surface area (Å²) in [7, 11) is 0. The molecule has 0 aliphatic carbocycles. The van der Waals surface area contributed by atoms with Crippen LogP contribution in [0.2, 0.25) is 0 Å². The van der Waals surface area contributed by atoms with Gasteiger partial charge < -0.3 is 10.6 Å². The fourth-order valence-corrected chi connectivity index (χ4v) is 1.87. The topological polar surface area (TPSA) is 99.8 Å². The van der Waals surface area contributed by atoms with Gasteiger partial charge in [0.2, 0.25) is 11.7 Å². The average Bonchev–Trinajstić information content (AvgIpc) is 2.96. The first-order valence-electron chi connectivity index (χ1n) is 6.18. The summed E-state index contributed by atoms with van der Waals surface area (Å²) in [6, 6.07) is 0.0236. The Morgan fingerprint density at radius 1 is 1.56 bits per heavy atom. The van der Waals surface area contributed by atoms with E-state index in [0.717, 1.165) is 25.1 Å². The fraction of sp³-hybridized carbons (Fsp3) is 0.636. The SMILES string of the molecule is CCCc1nc(C(=O)NCC2CCC(=O)N2)n[nH]1. The lowest BCUT2D eigenvalue weighted by atomic mass is 10.2. The van der Waals surface area contributed by atoms with Gasteiger partial charge in [-0.3, -0.25) is 14.7 Å². The first-order valence-corrected chi connectivity index (χ1v) is 6.18. The van der Waals surface area contributed by atoms with Crippen LogP contribution in [0.15, 0.2) is 0 Å². The minimum Gasteiger partial charge on any atom is -0.352 e. The molecular weight excluding hydrogens is 234 g/mol. The Morgan fingerprint density at radius 2 is 2.39 bits per heavy atom. The summed E-state index contributed by atoms with van der Waals surface area (Å²) in [5, 5.41) is 12.1. The second-order valence-corrected chi connectivity index (χ2v) is 4.37. The third-order valence-corrected chi connectivity index (χ3v) is 2.82. The molecule has 2 amide bonds. The van der Waals surface area contributed by atoms with Crippen molar-refractivity contribution in [3.63, 3.8) is 0 Å². The van der Waals surface area contributed by atoms with Crippen LogP contribution in [0.3, 0.4) is 0 Å². The molecule has 1 aliphatic heterocycles. The number of hydrogen-bond acceptors (Lipinski definition) is 4. The Morgan fingerprint density at radius 3 is 3.06 bits per heavy atom. The molecule has 7 nitrogen and oxygen atoms in total. The molecule has 1 unspecified atom stereocenters. The van der Waals surface area contributed by atoms with Gasteiger partial charge in [-0.1, -0.05) is 6.92 Å². The van der Waals surface area contributed by atoms with Crippen molar-refractivity contribution < 1.29 is 9.59 Å². The number of carbonyl (C=O) groups excluding carboxylic acids is 2. The van der Waals surface area contributed by atoms with E-state index < -0.39 is 0 Å². The van der Waals surface area contributed by atoms with Gasteiger partial charge in [-0.05, 0) is 12.8 Å². The summed E-state index contributed by atoms with van der Waals surface area (Å²) in [5.41, 5.74) is 0. The van der Waals surface area contributed by atoms with Gasteiger partial charge in [0.1, 0.15) is 5.82 Å². The second-order valence-electron chi connectivity index (χ2n) is 4.37. The summed E-state index contributed by atoms with van der Waals surface area (Å²) < 4.78 is 0. The van der Waals surface area contributed by atoms with Crippen LogP contribution >= 0.6 is 0 Å². The lowest BCUT2D eigenvalue weighted by Crippen LogP contribution is -2.38. The zero-order valence-corrected chi connectivity index (χ0v) is 10.3. The molecule has 0 spiro atoms. The van der Waals surface area contributed by atoms with E-state index in [1.807, 2.05) is 6.92 Å². The Bertz CT molecular complexity index is 442. The Kier molecular flexibility index (Phi) is 3.91. The largest absolute Gasteiger partial charge is 0.352 e. The van der Waals surface area contributed by atoms with Crippen LogP contribution in [-0.2, 0) is 11.2 Å². The molecular formula is C11H17N5O2. The molecule has 7 heteroatoms. The van der Waals surface area contributed by atoms with Gasteiger partial charge in [0.15, 0.2) is 0 Å². The predicted molar refractivity (Wildman–Crippen MR) is 63.9 cm³/mol. The number of aromatic nitrogens is 3. The smallest absolute Gasteiger partial charge is 0.291 e. The van der Waals surface area contributed by atoms with Crippen LogP contribution in [0.1, 0.15) is 42.6 Å². The molecule has 2 heterocycles. The monoisotopic (exact) mass is 251 g/mol. The van der Waals surface area contributed by atoms with E-state index in [0.29, 0.717) is 13.0 Å². The minimum absolute atomic E-state index is 0.0236. The lowest BCUT2D eigenvalue weighted by molar-refractivity contribution is -0.119. The number of carbonyl (C=O) groups is 2. The molecule has 0 saturated carbocycles. The van der Waals surface area contributed by atoms with Crippen molar-refractivity contribution in [2.45, 2.75) is 38.6 Å². The summed E-state index contributed by atoms with van der Waals surface area (Å²) in [6.07, 6.45) is 3.01. The number of rotatable bonds is 5. The third-order valence-electron chi connectivity index (χ3n) is 2.82. The van der Waals surface area contributed by atoms with Gasteiger partial charge in [-0.2, -0.15) is 0 Å². The van der Waals surface area contributed by atoms with E-state index in [9.17, 15) is 9.59 Å². The lowest BCUT2D eigenvalue weighted by Gasteiger charge is -2.09. The van der Waals surface area contributed by atoms with Crippen molar-refractivity contribution in [1.29, 1.82) is 0 Å². The van der Waals surface area contributed by atoms with Crippen molar-refractivity contribution in [1.82, 2.24) is 25.8 Å². The van der Waals surface area contributed by atoms with Gasteiger partial charge in [0, 0.05) is 25.4 Å². The number of aromatic amines is 1. The molecule has 0 radical (unpaired) electrons. The molecule has 98 valence electrons. The highest BCUT2D eigenvalue weighted by molar-refractivity contribution is 5.90. The number of H-pyrrole nitrogens is 1. The molecule has 3 N–H and O–H groups in total. The second kappa shape index (κ2) is 5.61. The number of nitrogens with one attached hydrogen (secondary N) is 3. The standard InChI is InChI=1S/C11H17N5O2/c1-2-3-8-14-10(16-15-8)11(18)12-6-7-4-5-9(17)13-7/h7H,2-6H2,1H3,(H,12,18)(H,13,17)(H,14,15,16). The maximum Gasteiger partial charge on any atom is 0.291 e. The highest BCUT2D eigenvalue weighted by Crippen LogP contribution is 2.05. The molecule has 1 aromatic rings. The van der Waals surface area contributed by atoms with Crippen molar-refractivity contribution in [3.05, 3.63) is 11.6 Å². The van der Waals surface area contributed by atoms with E-state index in [2.05, 4.69) is 25.8 Å². The molecule has 1 atom stereocenters. The van der Waals surface area contributed by atoms with Gasteiger partial charge in [-0.25, -0.2) is 4.98 Å². The van der Waals surface area contributed by atoms with Crippen LogP contribution in [0, 0.1) is 0 Å². The highest BCUT2D eigenvalue weighted by atomic mass is 16.2. The highest BCUT2D eigenvalue weighted by Gasteiger charge is 2.21. The molecule has 2 rings (SSSR count). The van der Waals surface area contributed by atoms with Crippen molar-refractivity contribution in [2.75, 3.05) is 6.54 Å². The van der Waals surface area contributed by atoms with Crippen LogP contribution in [0.25, 0.3) is 0 Å². The zero-order valence-electron chi connectivity index (χ0n) is 10.3. The normalized spacial score (nSPS) is 18.7. The zero-order chi connectivity index (χ0) is 13.0. The van der Waals surface area contributed by atoms with E-state index in [1.165, 1.54) is 0 Å². The van der Waals surface area contributed by atoms with E-state index >= 15 is 0 Å². The van der Waals surface area contributed by atoms with E-state index in [4.69, 9.17) is 0 Å². The maximum atomic E-state index is 11.7.